The average molecular weight is 235 g/mol. The summed E-state index contributed by atoms with van der Waals surface area (Å²) in [7, 11) is 0. The molecule has 16 heavy (non-hydrogen) atoms. The van der Waals surface area contributed by atoms with E-state index in [1.807, 2.05) is 0 Å². The summed E-state index contributed by atoms with van der Waals surface area (Å²) in [6.07, 6.45) is -4.83. The highest BCUT2D eigenvalue weighted by atomic mass is 19.4. The van der Waals surface area contributed by atoms with E-state index >= 15 is 0 Å². The number of alkyl halides is 3. The van der Waals surface area contributed by atoms with Gasteiger partial charge >= 0.3 is 6.18 Å². The van der Waals surface area contributed by atoms with E-state index in [9.17, 15) is 22.4 Å². The highest BCUT2D eigenvalue weighted by molar-refractivity contribution is 5.74. The largest absolute Gasteiger partial charge is 0.416 e. The molecule has 0 heterocycles. The zero-order chi connectivity index (χ0) is 12.3. The lowest BCUT2D eigenvalue weighted by molar-refractivity contribution is -0.137. The third-order valence-corrected chi connectivity index (χ3v) is 2.01. The van der Waals surface area contributed by atoms with Gasteiger partial charge in [0, 0.05) is 6.42 Å². The van der Waals surface area contributed by atoms with Gasteiger partial charge in [0.2, 0.25) is 5.91 Å². The molecule has 1 aromatic rings. The Morgan fingerprint density at radius 3 is 2.44 bits per heavy atom. The summed E-state index contributed by atoms with van der Waals surface area (Å²) in [5.41, 5.74) is 3.74. The van der Waals surface area contributed by atoms with Crippen molar-refractivity contribution in [2.45, 2.75) is 19.0 Å². The van der Waals surface area contributed by atoms with Crippen molar-refractivity contribution in [3.63, 3.8) is 0 Å². The molecule has 88 valence electrons. The quantitative estimate of drug-likeness (QED) is 0.802. The van der Waals surface area contributed by atoms with Crippen molar-refractivity contribution in [2.24, 2.45) is 5.73 Å². The maximum Gasteiger partial charge on any atom is 0.416 e. The lowest BCUT2D eigenvalue weighted by Gasteiger charge is -2.09. The average Bonchev–Trinajstić information content (AvgIpc) is 2.14. The van der Waals surface area contributed by atoms with Crippen LogP contribution in [0.2, 0.25) is 0 Å². The zero-order valence-corrected chi connectivity index (χ0v) is 8.14. The molecule has 0 saturated heterocycles. The van der Waals surface area contributed by atoms with Crippen LogP contribution in [0, 0.1) is 5.82 Å². The predicted molar refractivity (Wildman–Crippen MR) is 48.9 cm³/mol. The summed E-state index contributed by atoms with van der Waals surface area (Å²) in [6.45, 7) is 0. The fraction of sp³-hybridized carbons (Fsp3) is 0.300. The van der Waals surface area contributed by atoms with Crippen molar-refractivity contribution in [3.05, 3.63) is 35.1 Å². The number of rotatable bonds is 3. The minimum atomic E-state index is -4.52. The first-order chi connectivity index (χ1) is 7.30. The molecule has 6 heteroatoms. The first kappa shape index (κ1) is 12.5. The van der Waals surface area contributed by atoms with Gasteiger partial charge in [-0.1, -0.05) is 0 Å². The molecule has 1 amide bonds. The third-order valence-electron chi connectivity index (χ3n) is 2.01. The van der Waals surface area contributed by atoms with Gasteiger partial charge in [0.25, 0.3) is 0 Å². The van der Waals surface area contributed by atoms with Crippen LogP contribution in [0.5, 0.6) is 0 Å². The summed E-state index contributed by atoms with van der Waals surface area (Å²) in [5, 5.41) is 0. The van der Waals surface area contributed by atoms with E-state index in [1.165, 1.54) is 0 Å². The molecule has 1 aromatic carbocycles. The number of carbonyl (C=O) groups is 1. The monoisotopic (exact) mass is 235 g/mol. The third kappa shape index (κ3) is 3.22. The zero-order valence-electron chi connectivity index (χ0n) is 8.14. The highest BCUT2D eigenvalue weighted by Crippen LogP contribution is 2.30. The van der Waals surface area contributed by atoms with E-state index < -0.39 is 23.5 Å². The van der Waals surface area contributed by atoms with Crippen LogP contribution in [0.15, 0.2) is 18.2 Å². The van der Waals surface area contributed by atoms with Crippen molar-refractivity contribution in [2.75, 3.05) is 0 Å². The molecular weight excluding hydrogens is 226 g/mol. The molecule has 0 atom stereocenters. The molecule has 0 aliphatic heterocycles. The minimum Gasteiger partial charge on any atom is -0.370 e. The van der Waals surface area contributed by atoms with Crippen LogP contribution >= 0.6 is 0 Å². The number of benzene rings is 1. The molecule has 1 rings (SSSR count). The Kier molecular flexibility index (Phi) is 3.51. The standard InChI is InChI=1S/C10H9F4NO/c11-8-3-2-7(10(12,13)14)5-6(8)1-4-9(15)16/h2-3,5H,1,4H2,(H2,15,16). The second-order valence-electron chi connectivity index (χ2n) is 3.27. The molecule has 2 N–H and O–H groups in total. The fourth-order valence-electron chi connectivity index (χ4n) is 1.20. The Labute approximate surface area is 89.1 Å². The van der Waals surface area contributed by atoms with Crippen LogP contribution < -0.4 is 5.73 Å². The van der Waals surface area contributed by atoms with Gasteiger partial charge in [0.1, 0.15) is 5.82 Å². The van der Waals surface area contributed by atoms with Crippen molar-refractivity contribution in [1.82, 2.24) is 0 Å². The Bertz CT molecular complexity index is 400. The molecule has 0 fully saturated rings. The van der Waals surface area contributed by atoms with E-state index in [0.29, 0.717) is 12.1 Å². The maximum atomic E-state index is 13.1. The van der Waals surface area contributed by atoms with E-state index in [2.05, 4.69) is 0 Å². The molecular formula is C10H9F4NO. The maximum absolute atomic E-state index is 13.1. The SMILES string of the molecule is NC(=O)CCc1cc(C(F)(F)F)ccc1F. The number of nitrogens with two attached hydrogens (primary N) is 1. The number of aryl methyl sites for hydroxylation is 1. The van der Waals surface area contributed by atoms with Crippen molar-refractivity contribution in [3.8, 4) is 0 Å². The number of carbonyl (C=O) groups excluding carboxylic acids is 1. The first-order valence-electron chi connectivity index (χ1n) is 4.44. The number of primary amides is 1. The van der Waals surface area contributed by atoms with Crippen molar-refractivity contribution < 1.29 is 22.4 Å². The number of amides is 1. The molecule has 0 aliphatic rings. The normalized spacial score (nSPS) is 11.5. The second kappa shape index (κ2) is 4.51. The van der Waals surface area contributed by atoms with Crippen LogP contribution in [-0.4, -0.2) is 5.91 Å². The topological polar surface area (TPSA) is 43.1 Å². The van der Waals surface area contributed by atoms with Crippen LogP contribution in [0.25, 0.3) is 0 Å². The van der Waals surface area contributed by atoms with Crippen LogP contribution in [0.4, 0.5) is 17.6 Å². The van der Waals surface area contributed by atoms with Crippen LogP contribution in [0.3, 0.4) is 0 Å². The van der Waals surface area contributed by atoms with Gasteiger partial charge in [-0.05, 0) is 30.2 Å². The van der Waals surface area contributed by atoms with Gasteiger partial charge in [-0.15, -0.1) is 0 Å². The molecule has 0 aliphatic carbocycles. The Balaban J connectivity index is 2.95. The second-order valence-corrected chi connectivity index (χ2v) is 3.27. The lowest BCUT2D eigenvalue weighted by atomic mass is 10.1. The van der Waals surface area contributed by atoms with E-state index in [0.717, 1.165) is 6.07 Å². The predicted octanol–water partition coefficient (Wildman–Crippen LogP) is 2.26. The summed E-state index contributed by atoms with van der Waals surface area (Å²) >= 11 is 0. The van der Waals surface area contributed by atoms with Crippen LogP contribution in [-0.2, 0) is 17.4 Å². The molecule has 0 unspecified atom stereocenters. The van der Waals surface area contributed by atoms with Gasteiger partial charge in [0.05, 0.1) is 5.56 Å². The van der Waals surface area contributed by atoms with E-state index in [-0.39, 0.29) is 18.4 Å². The molecule has 2 nitrogen and oxygen atoms in total. The van der Waals surface area contributed by atoms with Gasteiger partial charge < -0.3 is 5.73 Å². The van der Waals surface area contributed by atoms with E-state index in [1.54, 1.807) is 0 Å². The Morgan fingerprint density at radius 2 is 1.94 bits per heavy atom. The first-order valence-corrected chi connectivity index (χ1v) is 4.44. The molecule has 0 spiro atoms. The minimum absolute atomic E-state index is 0.134. The van der Waals surface area contributed by atoms with Crippen molar-refractivity contribution in [1.29, 1.82) is 0 Å². The fourth-order valence-corrected chi connectivity index (χ4v) is 1.20. The summed E-state index contributed by atoms with van der Waals surface area (Å²) in [4.78, 5) is 10.4. The molecule has 0 radical (unpaired) electrons. The van der Waals surface area contributed by atoms with Gasteiger partial charge in [-0.2, -0.15) is 13.2 Å². The van der Waals surface area contributed by atoms with Crippen molar-refractivity contribution >= 4 is 5.91 Å². The smallest absolute Gasteiger partial charge is 0.370 e. The Morgan fingerprint density at radius 1 is 1.31 bits per heavy atom. The molecule has 0 bridgehead atoms. The number of hydrogen-bond acceptors (Lipinski definition) is 1. The molecule has 0 aromatic heterocycles. The van der Waals surface area contributed by atoms with Crippen LogP contribution in [0.1, 0.15) is 17.5 Å². The van der Waals surface area contributed by atoms with E-state index in [4.69, 9.17) is 5.73 Å². The number of hydrogen-bond donors (Lipinski definition) is 1. The lowest BCUT2D eigenvalue weighted by Crippen LogP contribution is -2.12. The van der Waals surface area contributed by atoms with Gasteiger partial charge in [-0.3, -0.25) is 4.79 Å². The summed E-state index contributed by atoms with van der Waals surface area (Å²) in [6, 6.07) is 2.08. The molecule has 0 saturated carbocycles. The summed E-state index contributed by atoms with van der Waals surface area (Å²) < 4.78 is 49.9. The summed E-state index contributed by atoms with van der Waals surface area (Å²) in [5.74, 6) is -1.45. The Hall–Kier alpha value is -1.59. The van der Waals surface area contributed by atoms with Gasteiger partial charge in [-0.25, -0.2) is 4.39 Å². The highest BCUT2D eigenvalue weighted by Gasteiger charge is 2.30. The number of halogens is 4. The van der Waals surface area contributed by atoms with Gasteiger partial charge in [0.15, 0.2) is 0 Å².